The van der Waals surface area contributed by atoms with Crippen LogP contribution in [0.3, 0.4) is 0 Å². The van der Waals surface area contributed by atoms with Gasteiger partial charge in [0.05, 0.1) is 29.3 Å². The number of benzene rings is 8. The number of nitrogens with one attached hydrogen (secondary N) is 2. The van der Waals surface area contributed by atoms with Gasteiger partial charge in [-0.3, -0.25) is 43.9 Å². The molecule has 0 aliphatic carbocycles. The number of pyridine rings is 5. The fourth-order valence-electron chi connectivity index (χ4n) is 11.4. The Balaban J connectivity index is 0.000000315. The van der Waals surface area contributed by atoms with Crippen LogP contribution in [-0.4, -0.2) is 39.0 Å². The summed E-state index contributed by atoms with van der Waals surface area (Å²) in [6, 6.07) is 44.8. The van der Waals surface area contributed by atoms with Crippen molar-refractivity contribution in [3.63, 3.8) is 0 Å². The van der Waals surface area contributed by atoms with Crippen molar-refractivity contribution in [1.29, 1.82) is 0 Å². The first kappa shape index (κ1) is 103. The number of aromatic nitrogens is 5. The van der Waals surface area contributed by atoms with Crippen molar-refractivity contribution < 1.29 is 184 Å². The van der Waals surface area contributed by atoms with E-state index < -0.39 is 116 Å². The summed E-state index contributed by atoms with van der Waals surface area (Å²) in [4.78, 5) is 23.5. The van der Waals surface area contributed by atoms with E-state index in [1.165, 1.54) is 81.8 Å². The number of halogens is 19. The molecule has 8 nitrogen and oxygen atoms in total. The van der Waals surface area contributed by atoms with E-state index in [0.29, 0.717) is 41.3 Å². The average molecular weight is 2550 g/mol. The maximum atomic E-state index is 15.2. The van der Waals surface area contributed by atoms with Crippen molar-refractivity contribution in [2.75, 3.05) is 14.1 Å². The summed E-state index contributed by atoms with van der Waals surface area (Å²) in [5, 5.41) is 6.01. The predicted octanol–water partition coefficient (Wildman–Crippen LogP) is 24.3. The molecule has 2 N–H and O–H groups in total. The Morgan fingerprint density at radius 2 is 0.783 bits per heavy atom. The van der Waals surface area contributed by atoms with Gasteiger partial charge in [-0.2, -0.15) is 39.5 Å². The average Bonchev–Trinajstić information content (AvgIpc) is 0.782. The van der Waals surface area contributed by atoms with E-state index >= 15 is 8.78 Å². The molecule has 8 aromatic carbocycles. The molecular formula is C88H62F19Ir5N8-5. The van der Waals surface area contributed by atoms with E-state index in [0.717, 1.165) is 77.7 Å². The molecule has 0 aliphatic heterocycles. The number of hydrogen-bond acceptors (Lipinski definition) is 7. The minimum Gasteiger partial charge on any atom is -0.316 e. The normalized spacial score (nSPS) is 10.8. The molecule has 0 aliphatic rings. The van der Waals surface area contributed by atoms with Gasteiger partial charge in [0.15, 0.2) is 5.69 Å². The van der Waals surface area contributed by atoms with Crippen LogP contribution in [0.15, 0.2) is 177 Å². The summed E-state index contributed by atoms with van der Waals surface area (Å²) in [5.74, 6) is -9.38. The van der Waals surface area contributed by atoms with E-state index in [2.05, 4.69) is 64.7 Å². The van der Waals surface area contributed by atoms with Crippen LogP contribution >= 0.6 is 0 Å². The zero-order chi connectivity index (χ0) is 84.1. The standard InChI is InChI=1S/C21H15F5N.C20H13F5N.C20H14F2N3.C14H9F5N.C13H11F2N2.5Ir/c1-11-4-5-17(27-10-11)16-8-13(3)19(22)18(20(16)23)14-6-12(2)7-15(9-14)21(24,25)26;1-11-3-6-17(26-10-11)15-4-5-16(21)18(19(15)22)13-7-12(2)8-14(9-13)20(23,24)25;1-23-12-13-9-10-25-18(11-13)16-7-8-17(21)19(20(16)22)14-3-5-15(24-2)6-4-14;1-7-3-4-20-11(5-7)9-6-10(14(17,18)19)13(16)8(2)12(9)15;1-16-8-9-4-5-17-13(6-9)11-3-2-10(14)7-12(11)15;;;;;/h4-7,9-10H,1-3H3;3,5-10H,1-2H3;3-6,8-11,23H,12H2,1H3;3-5H,1-2H3;2,4-7,16H,8H2,1H3;;;;;/q5*-1;;;;;. The van der Waals surface area contributed by atoms with Crippen molar-refractivity contribution in [3.8, 4) is 89.7 Å². The van der Waals surface area contributed by atoms with Crippen molar-refractivity contribution >= 4 is 5.69 Å². The Hall–Kier alpha value is -9.16. The topological polar surface area (TPSA) is 92.9 Å². The molecule has 13 aromatic rings. The van der Waals surface area contributed by atoms with E-state index in [1.54, 1.807) is 74.8 Å². The van der Waals surface area contributed by atoms with Crippen molar-refractivity contribution in [2.45, 2.75) is 80.1 Å². The maximum absolute atomic E-state index is 15.2. The van der Waals surface area contributed by atoms with Crippen LogP contribution in [0.25, 0.3) is 94.5 Å². The molecule has 0 saturated heterocycles. The minimum atomic E-state index is -4.94. The summed E-state index contributed by atoms with van der Waals surface area (Å²) in [7, 11) is 3.64. The Kier molecular flexibility index (Phi) is 38.8. The molecule has 0 amide bonds. The molecule has 120 heavy (non-hydrogen) atoms. The molecule has 0 spiro atoms. The summed E-state index contributed by atoms with van der Waals surface area (Å²) in [5.41, 5.74) is 0.694. The smallest absolute Gasteiger partial charge is 0.316 e. The molecule has 0 bridgehead atoms. The van der Waals surface area contributed by atoms with Gasteiger partial charge in [0.2, 0.25) is 0 Å². The van der Waals surface area contributed by atoms with Gasteiger partial charge in [0.1, 0.15) is 0 Å². The van der Waals surface area contributed by atoms with E-state index in [4.69, 9.17) is 6.57 Å². The Morgan fingerprint density at radius 1 is 0.358 bits per heavy atom. The quantitative estimate of drug-likeness (QED) is 0.0930. The van der Waals surface area contributed by atoms with Gasteiger partial charge in [0.25, 0.3) is 0 Å². The van der Waals surface area contributed by atoms with Gasteiger partial charge < -0.3 is 35.6 Å². The first-order valence-corrected chi connectivity index (χ1v) is 34.2. The van der Waals surface area contributed by atoms with Crippen molar-refractivity contribution in [2.24, 2.45) is 0 Å². The molecule has 0 atom stereocenters. The van der Waals surface area contributed by atoms with Crippen LogP contribution in [0.1, 0.15) is 66.8 Å². The summed E-state index contributed by atoms with van der Waals surface area (Å²) >= 11 is 0. The number of nitrogens with zero attached hydrogens (tertiary/aromatic N) is 6. The van der Waals surface area contributed by atoms with Crippen LogP contribution in [-0.2, 0) is 132 Å². The van der Waals surface area contributed by atoms with Crippen LogP contribution in [0.5, 0.6) is 0 Å². The van der Waals surface area contributed by atoms with Gasteiger partial charge in [-0.05, 0) is 186 Å². The Bertz CT molecular complexity index is 5730. The monoisotopic (exact) mass is 2560 g/mol. The maximum Gasteiger partial charge on any atom is 0.416 e. The molecular weight excluding hydrogens is 2490 g/mol. The zero-order valence-corrected chi connectivity index (χ0v) is 75.7. The number of hydrogen-bond donors (Lipinski definition) is 2. The summed E-state index contributed by atoms with van der Waals surface area (Å²) in [6.07, 6.45) is -6.62. The first-order chi connectivity index (χ1) is 54.3. The summed E-state index contributed by atoms with van der Waals surface area (Å²) in [6.45, 7) is 18.8. The molecule has 5 radical (unpaired) electrons. The molecule has 637 valence electrons. The number of alkyl halides is 9. The molecule has 0 fully saturated rings. The van der Waals surface area contributed by atoms with Crippen molar-refractivity contribution in [3.05, 3.63) is 343 Å². The van der Waals surface area contributed by atoms with E-state index in [1.807, 2.05) is 33.2 Å². The second-order valence-electron chi connectivity index (χ2n) is 25.8. The van der Waals surface area contributed by atoms with Gasteiger partial charge >= 0.3 is 18.5 Å². The van der Waals surface area contributed by atoms with Crippen LogP contribution in [0, 0.1) is 144 Å². The number of aryl methyl sites for hydroxylation is 6. The SMILES string of the molecule is CNCc1ccnc(-c2[c-]cc(F)cc2F)c1.Cc1ccc(-c2[c-]c(C)c(F)c(-c3cc(C)cc(C(F)(F)F)c3)c2F)nc1.Cc1ccc(-c2[c-]cc(F)c(-c3cc(C)cc(C(F)(F)F)c3)c2F)nc1.Cc1ccnc(-c2[c-]c(C(F)(F)F)c(F)c(C)c2F)c1.[C-]#[N+]c1ccc(-c2c(F)c[c-]c(-c3cc(CNC)ccn3)c2F)cc1.[Ir].[Ir].[Ir].[Ir].[Ir]. The van der Waals surface area contributed by atoms with Crippen LogP contribution in [0.4, 0.5) is 89.1 Å². The van der Waals surface area contributed by atoms with Crippen LogP contribution in [0.2, 0.25) is 0 Å². The van der Waals surface area contributed by atoms with E-state index in [9.17, 15) is 74.6 Å². The fraction of sp³-hybridized carbons (Fsp3) is 0.159. The molecule has 32 heteroatoms. The Labute approximate surface area is 746 Å². The van der Waals surface area contributed by atoms with Gasteiger partial charge in [-0.25, -0.2) is 4.85 Å². The second kappa shape index (κ2) is 45.1. The molecule has 0 saturated carbocycles. The number of rotatable bonds is 12. The first-order valence-electron chi connectivity index (χ1n) is 34.2. The molecule has 5 heterocycles. The summed E-state index contributed by atoms with van der Waals surface area (Å²) < 4.78 is 259. The predicted molar refractivity (Wildman–Crippen MR) is 398 cm³/mol. The molecule has 0 unspecified atom stereocenters. The second-order valence-corrected chi connectivity index (χ2v) is 25.8. The van der Waals surface area contributed by atoms with Gasteiger partial charge in [-0.15, -0.1) is 48.5 Å². The minimum absolute atomic E-state index is 0. The third kappa shape index (κ3) is 26.2. The third-order valence-electron chi connectivity index (χ3n) is 16.9. The molecule has 5 aromatic heterocycles. The Morgan fingerprint density at radius 3 is 1.23 bits per heavy atom. The van der Waals surface area contributed by atoms with Crippen LogP contribution < -0.4 is 10.6 Å². The zero-order valence-electron chi connectivity index (χ0n) is 63.7. The van der Waals surface area contributed by atoms with E-state index in [-0.39, 0.29) is 173 Å². The largest absolute Gasteiger partial charge is 0.416 e. The van der Waals surface area contributed by atoms with Gasteiger partial charge in [0, 0.05) is 197 Å². The third-order valence-corrected chi connectivity index (χ3v) is 16.9. The fourth-order valence-corrected chi connectivity index (χ4v) is 11.4. The van der Waals surface area contributed by atoms with Gasteiger partial charge in [-0.1, -0.05) is 143 Å². The molecule has 13 rings (SSSR count). The van der Waals surface area contributed by atoms with Crippen molar-refractivity contribution in [1.82, 2.24) is 35.6 Å².